The van der Waals surface area contributed by atoms with Crippen LogP contribution in [-0.4, -0.2) is 28.8 Å². The molecule has 2 aromatic carbocycles. The maximum absolute atomic E-state index is 6.21. The summed E-state index contributed by atoms with van der Waals surface area (Å²) in [7, 11) is 3.31. The molecule has 4 aromatic rings. The lowest BCUT2D eigenvalue weighted by molar-refractivity contribution is 0.181. The van der Waals surface area contributed by atoms with Crippen LogP contribution in [0.4, 0.5) is 0 Å². The molecular weight excluding hydrogens is 362 g/mol. The molecule has 0 spiro atoms. The summed E-state index contributed by atoms with van der Waals surface area (Å²) in [5, 5.41) is 5.45. The van der Waals surface area contributed by atoms with Gasteiger partial charge in [-0.2, -0.15) is 5.10 Å². The number of halogens is 1. The summed E-state index contributed by atoms with van der Waals surface area (Å²) >= 11 is 6.21. The van der Waals surface area contributed by atoms with Crippen LogP contribution < -0.4 is 4.74 Å². The number of methoxy groups -OCH3 is 2. The predicted molar refractivity (Wildman–Crippen MR) is 106 cm³/mol. The lowest BCUT2D eigenvalue weighted by Gasteiger charge is -2.09. The molecule has 0 radical (unpaired) electrons. The third kappa shape index (κ3) is 3.16. The quantitative estimate of drug-likeness (QED) is 0.496. The third-order valence-electron chi connectivity index (χ3n) is 4.37. The van der Waals surface area contributed by atoms with Crippen LogP contribution >= 0.6 is 11.6 Å². The van der Waals surface area contributed by atoms with Gasteiger partial charge in [-0.05, 0) is 35.9 Å². The van der Waals surface area contributed by atoms with E-state index < -0.39 is 0 Å². The molecule has 0 saturated carbocycles. The molecule has 27 heavy (non-hydrogen) atoms. The number of fused-ring (bicyclic) bond motifs is 1. The number of hydrogen-bond donors (Lipinski definition) is 0. The van der Waals surface area contributed by atoms with Gasteiger partial charge in [-0.1, -0.05) is 35.9 Å². The largest absolute Gasteiger partial charge is 0.496 e. The van der Waals surface area contributed by atoms with Crippen molar-refractivity contribution in [2.45, 2.75) is 6.61 Å². The first kappa shape index (κ1) is 17.5. The Kier molecular flexibility index (Phi) is 4.79. The molecule has 6 heteroatoms. The van der Waals surface area contributed by atoms with E-state index in [-0.39, 0.29) is 0 Å². The van der Waals surface area contributed by atoms with E-state index in [0.29, 0.717) is 11.6 Å². The minimum atomic E-state index is 0.372. The van der Waals surface area contributed by atoms with Gasteiger partial charge in [0.15, 0.2) is 5.65 Å². The first-order valence-electron chi connectivity index (χ1n) is 8.48. The van der Waals surface area contributed by atoms with Crippen LogP contribution in [0.1, 0.15) is 5.69 Å². The third-order valence-corrected chi connectivity index (χ3v) is 4.60. The van der Waals surface area contributed by atoms with E-state index in [1.54, 1.807) is 20.4 Å². The first-order valence-corrected chi connectivity index (χ1v) is 8.85. The monoisotopic (exact) mass is 379 g/mol. The molecule has 0 saturated heterocycles. The van der Waals surface area contributed by atoms with Crippen molar-refractivity contribution in [2.24, 2.45) is 0 Å². The van der Waals surface area contributed by atoms with E-state index >= 15 is 0 Å². The second kappa shape index (κ2) is 7.39. The lowest BCUT2D eigenvalue weighted by Crippen LogP contribution is -1.98. The molecule has 136 valence electrons. The number of rotatable bonds is 5. The van der Waals surface area contributed by atoms with Gasteiger partial charge in [0.2, 0.25) is 0 Å². The lowest BCUT2D eigenvalue weighted by atomic mass is 10.1. The topological polar surface area (TPSA) is 48.7 Å². The normalized spacial score (nSPS) is 11.1. The van der Waals surface area contributed by atoms with Gasteiger partial charge < -0.3 is 9.47 Å². The van der Waals surface area contributed by atoms with Crippen LogP contribution in [0.15, 0.2) is 60.8 Å². The molecule has 2 aromatic heterocycles. The van der Waals surface area contributed by atoms with Gasteiger partial charge >= 0.3 is 0 Å². The molecule has 0 bridgehead atoms. The summed E-state index contributed by atoms with van der Waals surface area (Å²) in [5.41, 5.74) is 5.24. The Morgan fingerprint density at radius 1 is 1.04 bits per heavy atom. The number of para-hydroxylation sites is 1. The van der Waals surface area contributed by atoms with Gasteiger partial charge in [-0.25, -0.2) is 9.50 Å². The Morgan fingerprint density at radius 3 is 2.67 bits per heavy atom. The molecule has 5 nitrogen and oxygen atoms in total. The molecule has 0 aliphatic carbocycles. The number of aromatic nitrogens is 3. The summed E-state index contributed by atoms with van der Waals surface area (Å²) in [4.78, 5) is 4.59. The molecule has 0 atom stereocenters. The van der Waals surface area contributed by atoms with Crippen molar-refractivity contribution in [1.82, 2.24) is 14.6 Å². The standard InChI is InChI=1S/C21H18ClN3O2/c1-26-13-17-20(14-6-5-7-15(22)12-14)21-23-11-10-18(25(21)24-17)16-8-3-4-9-19(16)27-2/h3-12H,13H2,1-2H3. The van der Waals surface area contributed by atoms with Crippen molar-refractivity contribution in [3.63, 3.8) is 0 Å². The maximum Gasteiger partial charge on any atom is 0.163 e. The van der Waals surface area contributed by atoms with Crippen LogP contribution in [0, 0.1) is 0 Å². The summed E-state index contributed by atoms with van der Waals surface area (Å²) in [6.07, 6.45) is 1.78. The predicted octanol–water partition coefficient (Wildman–Crippen LogP) is 4.87. The summed E-state index contributed by atoms with van der Waals surface area (Å²) < 4.78 is 12.7. The van der Waals surface area contributed by atoms with Crippen molar-refractivity contribution < 1.29 is 9.47 Å². The van der Waals surface area contributed by atoms with E-state index in [4.69, 9.17) is 26.2 Å². The zero-order chi connectivity index (χ0) is 18.8. The molecule has 0 amide bonds. The van der Waals surface area contributed by atoms with E-state index in [0.717, 1.165) is 39.5 Å². The van der Waals surface area contributed by atoms with Gasteiger partial charge in [0.1, 0.15) is 5.75 Å². The van der Waals surface area contributed by atoms with Crippen LogP contribution in [0.25, 0.3) is 28.0 Å². The van der Waals surface area contributed by atoms with Crippen molar-refractivity contribution in [2.75, 3.05) is 14.2 Å². The van der Waals surface area contributed by atoms with Gasteiger partial charge in [-0.3, -0.25) is 0 Å². The molecule has 0 N–H and O–H groups in total. The highest BCUT2D eigenvalue weighted by Gasteiger charge is 2.19. The summed E-state index contributed by atoms with van der Waals surface area (Å²) in [6.45, 7) is 0.372. The second-order valence-corrected chi connectivity index (χ2v) is 6.47. The minimum absolute atomic E-state index is 0.372. The highest BCUT2D eigenvalue weighted by atomic mass is 35.5. The van der Waals surface area contributed by atoms with E-state index in [1.807, 2.05) is 59.1 Å². The van der Waals surface area contributed by atoms with Crippen molar-refractivity contribution in [3.8, 4) is 28.1 Å². The molecular formula is C21H18ClN3O2. The highest BCUT2D eigenvalue weighted by molar-refractivity contribution is 6.30. The average Bonchev–Trinajstić information content (AvgIpc) is 3.06. The number of ether oxygens (including phenoxy) is 2. The van der Waals surface area contributed by atoms with Crippen LogP contribution in [0.5, 0.6) is 5.75 Å². The van der Waals surface area contributed by atoms with Crippen molar-refractivity contribution in [1.29, 1.82) is 0 Å². The Morgan fingerprint density at radius 2 is 1.89 bits per heavy atom. The van der Waals surface area contributed by atoms with Crippen LogP contribution in [-0.2, 0) is 11.3 Å². The number of benzene rings is 2. The van der Waals surface area contributed by atoms with Crippen LogP contribution in [0.2, 0.25) is 5.02 Å². The smallest absolute Gasteiger partial charge is 0.163 e. The fourth-order valence-corrected chi connectivity index (χ4v) is 3.42. The molecule has 2 heterocycles. The zero-order valence-electron chi connectivity index (χ0n) is 15.0. The summed E-state index contributed by atoms with van der Waals surface area (Å²) in [5.74, 6) is 0.776. The van der Waals surface area contributed by atoms with Gasteiger partial charge in [0.25, 0.3) is 0 Å². The van der Waals surface area contributed by atoms with E-state index in [9.17, 15) is 0 Å². The molecule has 0 fully saturated rings. The first-order chi connectivity index (χ1) is 13.2. The fourth-order valence-electron chi connectivity index (χ4n) is 3.23. The van der Waals surface area contributed by atoms with Crippen LogP contribution in [0.3, 0.4) is 0 Å². The second-order valence-electron chi connectivity index (χ2n) is 6.03. The fraction of sp³-hybridized carbons (Fsp3) is 0.143. The Labute approximate surface area is 162 Å². The Hall–Kier alpha value is -2.89. The number of nitrogens with zero attached hydrogens (tertiary/aromatic N) is 3. The molecule has 0 aliphatic rings. The minimum Gasteiger partial charge on any atom is -0.496 e. The molecule has 0 aliphatic heterocycles. The Balaban J connectivity index is 2.01. The van der Waals surface area contributed by atoms with Crippen molar-refractivity contribution >= 4 is 17.2 Å². The van der Waals surface area contributed by atoms with Gasteiger partial charge in [0.05, 0.1) is 30.7 Å². The number of hydrogen-bond acceptors (Lipinski definition) is 4. The SMILES string of the molecule is COCc1nn2c(-c3ccccc3OC)ccnc2c1-c1cccc(Cl)c1. The van der Waals surface area contributed by atoms with Gasteiger partial charge in [0, 0.05) is 23.9 Å². The van der Waals surface area contributed by atoms with Gasteiger partial charge in [-0.15, -0.1) is 0 Å². The van der Waals surface area contributed by atoms with E-state index in [1.165, 1.54) is 0 Å². The average molecular weight is 380 g/mol. The highest BCUT2D eigenvalue weighted by Crippen LogP contribution is 2.34. The Bertz CT molecular complexity index is 1110. The molecule has 4 rings (SSSR count). The zero-order valence-corrected chi connectivity index (χ0v) is 15.8. The van der Waals surface area contributed by atoms with Crippen molar-refractivity contribution in [3.05, 3.63) is 71.5 Å². The van der Waals surface area contributed by atoms with E-state index in [2.05, 4.69) is 4.98 Å². The molecule has 0 unspecified atom stereocenters. The maximum atomic E-state index is 6.21. The summed E-state index contributed by atoms with van der Waals surface area (Å²) in [6, 6.07) is 17.5.